The maximum atomic E-state index is 11.5. The number of hydrogen-bond acceptors (Lipinski definition) is 3. The summed E-state index contributed by atoms with van der Waals surface area (Å²) in [6.45, 7) is 6.14. The molecule has 4 nitrogen and oxygen atoms in total. The van der Waals surface area contributed by atoms with E-state index in [-0.39, 0.29) is 6.04 Å². The fourth-order valence-electron chi connectivity index (χ4n) is 2.80. The van der Waals surface area contributed by atoms with E-state index in [4.69, 9.17) is 0 Å². The Morgan fingerprint density at radius 2 is 1.68 bits per heavy atom. The summed E-state index contributed by atoms with van der Waals surface area (Å²) in [5.74, 6) is -0.833. The van der Waals surface area contributed by atoms with Gasteiger partial charge >= 0.3 is 5.97 Å². The Hall–Kier alpha value is -1.39. The molecule has 4 heteroatoms. The molecule has 1 aromatic carbocycles. The first-order valence-electron chi connectivity index (χ1n) is 6.43. The molecule has 0 aliphatic carbocycles. The molecule has 0 radical (unpaired) electrons. The molecule has 0 amide bonds. The van der Waals surface area contributed by atoms with Crippen LogP contribution in [0.4, 0.5) is 0 Å². The van der Waals surface area contributed by atoms with E-state index in [1.807, 2.05) is 32.8 Å². The Kier molecular flexibility index (Phi) is 5.09. The summed E-state index contributed by atoms with van der Waals surface area (Å²) in [6.07, 6.45) is 0. The van der Waals surface area contributed by atoms with Crippen LogP contribution in [-0.4, -0.2) is 43.2 Å². The molecular weight excluding hydrogens is 240 g/mol. The Bertz CT molecular complexity index is 446. The second kappa shape index (κ2) is 6.17. The summed E-state index contributed by atoms with van der Waals surface area (Å²) in [4.78, 5) is 13.4. The van der Waals surface area contributed by atoms with Gasteiger partial charge in [-0.05, 0) is 58.6 Å². The number of carbonyl (C=O) groups is 1. The van der Waals surface area contributed by atoms with Gasteiger partial charge in [0.15, 0.2) is 0 Å². The minimum absolute atomic E-state index is 0.192. The van der Waals surface area contributed by atoms with E-state index in [0.717, 1.165) is 16.7 Å². The third kappa shape index (κ3) is 3.33. The lowest BCUT2D eigenvalue weighted by molar-refractivity contribution is -0.141. The van der Waals surface area contributed by atoms with Crippen LogP contribution < -0.4 is 5.32 Å². The number of benzene rings is 1. The summed E-state index contributed by atoms with van der Waals surface area (Å²) in [5, 5.41) is 12.3. The van der Waals surface area contributed by atoms with E-state index in [9.17, 15) is 9.90 Å². The molecule has 0 aliphatic heterocycles. The molecule has 0 aliphatic rings. The molecule has 1 rings (SSSR count). The van der Waals surface area contributed by atoms with Gasteiger partial charge in [-0.3, -0.25) is 4.79 Å². The van der Waals surface area contributed by atoms with E-state index in [1.165, 1.54) is 5.56 Å². The van der Waals surface area contributed by atoms with E-state index in [0.29, 0.717) is 0 Å². The number of aliphatic carboxylic acids is 1. The van der Waals surface area contributed by atoms with E-state index >= 15 is 0 Å². The van der Waals surface area contributed by atoms with Crippen LogP contribution in [0.1, 0.15) is 28.3 Å². The molecule has 1 aromatic rings. The fraction of sp³-hybridized carbons (Fsp3) is 0.533. The van der Waals surface area contributed by atoms with E-state index in [1.54, 1.807) is 7.05 Å². The number of nitrogens with one attached hydrogen (secondary N) is 1. The summed E-state index contributed by atoms with van der Waals surface area (Å²) in [6, 6.07) is 3.39. The third-order valence-corrected chi connectivity index (χ3v) is 3.48. The lowest BCUT2D eigenvalue weighted by atomic mass is 9.89. The second-order valence-electron chi connectivity index (χ2n) is 5.33. The van der Waals surface area contributed by atoms with Crippen LogP contribution in [0.5, 0.6) is 0 Å². The van der Waals surface area contributed by atoms with Crippen molar-refractivity contribution in [3.63, 3.8) is 0 Å². The van der Waals surface area contributed by atoms with Gasteiger partial charge in [-0.25, -0.2) is 0 Å². The summed E-state index contributed by atoms with van der Waals surface area (Å²) in [5.41, 5.74) is 4.57. The smallest absolute Gasteiger partial charge is 0.322 e. The van der Waals surface area contributed by atoms with Crippen LogP contribution in [0.25, 0.3) is 0 Å². The van der Waals surface area contributed by atoms with Crippen LogP contribution in [0, 0.1) is 20.8 Å². The zero-order valence-corrected chi connectivity index (χ0v) is 12.6. The quantitative estimate of drug-likeness (QED) is 0.852. The molecule has 0 saturated heterocycles. The highest BCUT2D eigenvalue weighted by Gasteiger charge is 2.31. The van der Waals surface area contributed by atoms with Crippen LogP contribution in [0.3, 0.4) is 0 Å². The van der Waals surface area contributed by atoms with Gasteiger partial charge < -0.3 is 15.3 Å². The lowest BCUT2D eigenvalue weighted by Gasteiger charge is -2.32. The lowest BCUT2D eigenvalue weighted by Crippen LogP contribution is -2.45. The van der Waals surface area contributed by atoms with Crippen molar-refractivity contribution in [2.45, 2.75) is 32.9 Å². The van der Waals surface area contributed by atoms with Crippen molar-refractivity contribution < 1.29 is 9.90 Å². The average Bonchev–Trinajstić information content (AvgIpc) is 2.25. The van der Waals surface area contributed by atoms with Crippen molar-refractivity contribution in [2.75, 3.05) is 21.1 Å². The normalized spacial score (nSPS) is 14.5. The SMILES string of the molecule is CNC(C(=O)O)C(c1c(C)cc(C)cc1C)N(C)C. The van der Waals surface area contributed by atoms with Gasteiger partial charge in [0.05, 0.1) is 6.04 Å². The fourth-order valence-corrected chi connectivity index (χ4v) is 2.80. The number of carboxylic acids is 1. The molecule has 0 spiro atoms. The minimum Gasteiger partial charge on any atom is -0.480 e. The minimum atomic E-state index is -0.833. The molecule has 0 fully saturated rings. The zero-order chi connectivity index (χ0) is 14.7. The summed E-state index contributed by atoms with van der Waals surface area (Å²) >= 11 is 0. The van der Waals surface area contributed by atoms with Crippen molar-refractivity contribution in [3.05, 3.63) is 34.4 Å². The Morgan fingerprint density at radius 1 is 1.21 bits per heavy atom. The molecule has 19 heavy (non-hydrogen) atoms. The van der Waals surface area contributed by atoms with Gasteiger partial charge in [0, 0.05) is 0 Å². The number of carboxylic acid groups (broad SMARTS) is 1. The molecule has 0 aromatic heterocycles. The Labute approximate surface area is 115 Å². The Balaban J connectivity index is 3.39. The predicted octanol–water partition coefficient (Wildman–Crippen LogP) is 1.89. The monoisotopic (exact) mass is 264 g/mol. The maximum Gasteiger partial charge on any atom is 0.322 e. The first-order valence-corrected chi connectivity index (χ1v) is 6.43. The van der Waals surface area contributed by atoms with Gasteiger partial charge in [0.25, 0.3) is 0 Å². The maximum absolute atomic E-state index is 11.5. The molecule has 2 atom stereocenters. The van der Waals surface area contributed by atoms with Crippen molar-refractivity contribution in [1.82, 2.24) is 10.2 Å². The second-order valence-corrected chi connectivity index (χ2v) is 5.33. The topological polar surface area (TPSA) is 52.6 Å². The number of likely N-dealkylation sites (N-methyl/N-ethyl adjacent to an activating group) is 2. The number of rotatable bonds is 5. The molecule has 106 valence electrons. The third-order valence-electron chi connectivity index (χ3n) is 3.48. The zero-order valence-electron chi connectivity index (χ0n) is 12.6. The predicted molar refractivity (Wildman–Crippen MR) is 77.6 cm³/mol. The molecule has 2 unspecified atom stereocenters. The van der Waals surface area contributed by atoms with E-state index < -0.39 is 12.0 Å². The van der Waals surface area contributed by atoms with Gasteiger partial charge in [0.1, 0.15) is 6.04 Å². The van der Waals surface area contributed by atoms with Crippen molar-refractivity contribution in [1.29, 1.82) is 0 Å². The van der Waals surface area contributed by atoms with Crippen LogP contribution in [0.2, 0.25) is 0 Å². The first-order chi connectivity index (χ1) is 8.79. The van der Waals surface area contributed by atoms with Crippen LogP contribution in [-0.2, 0) is 4.79 Å². The Morgan fingerprint density at radius 3 is 2.00 bits per heavy atom. The number of hydrogen-bond donors (Lipinski definition) is 2. The number of nitrogens with zero attached hydrogens (tertiary/aromatic N) is 1. The number of aryl methyl sites for hydroxylation is 3. The average molecular weight is 264 g/mol. The summed E-state index contributed by atoms with van der Waals surface area (Å²) < 4.78 is 0. The van der Waals surface area contributed by atoms with Crippen molar-refractivity contribution >= 4 is 5.97 Å². The van der Waals surface area contributed by atoms with Gasteiger partial charge in [0.2, 0.25) is 0 Å². The molecule has 0 heterocycles. The largest absolute Gasteiger partial charge is 0.480 e. The molecule has 0 bridgehead atoms. The van der Waals surface area contributed by atoms with Gasteiger partial charge in [-0.15, -0.1) is 0 Å². The highest BCUT2D eigenvalue weighted by Crippen LogP contribution is 2.29. The van der Waals surface area contributed by atoms with Crippen LogP contribution in [0.15, 0.2) is 12.1 Å². The standard InChI is InChI=1S/C15H24N2O2/c1-9-7-10(2)12(11(3)8-9)14(17(5)6)13(16-4)15(18)19/h7-8,13-14,16H,1-6H3,(H,18,19). The highest BCUT2D eigenvalue weighted by atomic mass is 16.4. The van der Waals surface area contributed by atoms with Gasteiger partial charge in [-0.2, -0.15) is 0 Å². The van der Waals surface area contributed by atoms with Crippen molar-refractivity contribution in [3.8, 4) is 0 Å². The first kappa shape index (κ1) is 15.7. The molecule has 2 N–H and O–H groups in total. The van der Waals surface area contributed by atoms with Crippen LogP contribution >= 0.6 is 0 Å². The molecule has 0 saturated carbocycles. The highest BCUT2D eigenvalue weighted by molar-refractivity contribution is 5.75. The van der Waals surface area contributed by atoms with E-state index in [2.05, 4.69) is 24.4 Å². The molecular formula is C15H24N2O2. The van der Waals surface area contributed by atoms with Crippen molar-refractivity contribution in [2.24, 2.45) is 0 Å². The van der Waals surface area contributed by atoms with Gasteiger partial charge in [-0.1, -0.05) is 17.7 Å². The summed E-state index contributed by atoms with van der Waals surface area (Å²) in [7, 11) is 5.52.